The Morgan fingerprint density at radius 1 is 0.889 bits per heavy atom. The number of anilines is 1. The number of nitrogens with one attached hydrogen (secondary N) is 1. The molecule has 0 aliphatic rings. The molecule has 27 heavy (non-hydrogen) atoms. The highest BCUT2D eigenvalue weighted by Gasteiger charge is 2.20. The Kier molecular flexibility index (Phi) is 4.71. The van der Waals surface area contributed by atoms with Crippen LogP contribution >= 0.6 is 23.2 Å². The van der Waals surface area contributed by atoms with E-state index in [9.17, 15) is 4.79 Å². The highest BCUT2D eigenvalue weighted by atomic mass is 35.5. The Hall–Kier alpha value is -3.02. The first-order chi connectivity index (χ1) is 13.1. The van der Waals surface area contributed by atoms with Crippen molar-refractivity contribution in [3.63, 3.8) is 0 Å². The third-order valence-corrected chi connectivity index (χ3v) is 4.51. The summed E-state index contributed by atoms with van der Waals surface area (Å²) in [6, 6.07) is 18.0. The number of benzene rings is 2. The van der Waals surface area contributed by atoms with Crippen molar-refractivity contribution in [2.24, 2.45) is 0 Å². The Labute approximate surface area is 165 Å². The van der Waals surface area contributed by atoms with Gasteiger partial charge in [-0.05, 0) is 60.7 Å². The van der Waals surface area contributed by atoms with Crippen LogP contribution < -0.4 is 5.32 Å². The first-order valence-corrected chi connectivity index (χ1v) is 8.91. The van der Waals surface area contributed by atoms with Crippen molar-refractivity contribution in [3.8, 4) is 11.5 Å². The molecule has 0 radical (unpaired) electrons. The minimum Gasteiger partial charge on any atom is -0.322 e. The van der Waals surface area contributed by atoms with Crippen molar-refractivity contribution in [3.05, 3.63) is 94.9 Å². The van der Waals surface area contributed by atoms with E-state index in [-0.39, 0.29) is 5.91 Å². The lowest BCUT2D eigenvalue weighted by Gasteiger charge is -2.11. The average molecular weight is 397 g/mol. The van der Waals surface area contributed by atoms with E-state index in [1.54, 1.807) is 47.3 Å². The van der Waals surface area contributed by atoms with Crippen molar-refractivity contribution in [1.29, 1.82) is 0 Å². The molecule has 0 saturated carbocycles. The fourth-order valence-corrected chi connectivity index (χ4v) is 2.98. The predicted octanol–water partition coefficient (Wildman–Crippen LogP) is 5.22. The molecule has 2 aromatic heterocycles. The molecule has 1 N–H and O–H groups in total. The van der Waals surface area contributed by atoms with Crippen LogP contribution in [0.2, 0.25) is 10.0 Å². The van der Waals surface area contributed by atoms with Gasteiger partial charge in [0.25, 0.3) is 5.91 Å². The van der Waals surface area contributed by atoms with Gasteiger partial charge in [0.05, 0.1) is 11.9 Å². The smallest absolute Gasteiger partial charge is 0.261 e. The maximum atomic E-state index is 12.9. The number of halogens is 2. The van der Waals surface area contributed by atoms with Gasteiger partial charge in [-0.3, -0.25) is 4.79 Å². The second-order valence-electron chi connectivity index (χ2n) is 5.82. The lowest BCUT2D eigenvalue weighted by Crippen LogP contribution is -2.15. The van der Waals surface area contributed by atoms with Gasteiger partial charge in [-0.25, -0.2) is 4.68 Å². The highest BCUT2D eigenvalue weighted by Crippen LogP contribution is 2.22. The van der Waals surface area contributed by atoms with Gasteiger partial charge in [-0.2, -0.15) is 5.10 Å². The van der Waals surface area contributed by atoms with Gasteiger partial charge < -0.3 is 9.88 Å². The topological polar surface area (TPSA) is 51.9 Å². The molecule has 0 unspecified atom stereocenters. The van der Waals surface area contributed by atoms with E-state index in [1.807, 2.05) is 41.2 Å². The zero-order chi connectivity index (χ0) is 18.8. The highest BCUT2D eigenvalue weighted by molar-refractivity contribution is 6.30. The lowest BCUT2D eigenvalue weighted by atomic mass is 10.2. The molecule has 0 aliphatic carbocycles. The molecule has 0 atom stereocenters. The van der Waals surface area contributed by atoms with Crippen LogP contribution in [-0.4, -0.2) is 20.3 Å². The molecule has 0 fully saturated rings. The molecule has 0 aliphatic heterocycles. The molecule has 4 aromatic rings. The van der Waals surface area contributed by atoms with Gasteiger partial charge in [0.2, 0.25) is 0 Å². The Bertz CT molecular complexity index is 1070. The van der Waals surface area contributed by atoms with Gasteiger partial charge in [-0.15, -0.1) is 0 Å². The number of hydrogen-bond acceptors (Lipinski definition) is 2. The van der Waals surface area contributed by atoms with Crippen LogP contribution in [-0.2, 0) is 0 Å². The fourth-order valence-electron chi connectivity index (χ4n) is 2.73. The summed E-state index contributed by atoms with van der Waals surface area (Å²) in [5.74, 6) is 0.370. The standard InChI is InChI=1S/C20H14Cl2N4O/c21-14-3-7-16(8-4-14)24-19(27)18-13-23-26(17-9-5-15(22)6-10-17)20(18)25-11-1-2-12-25/h1-13H,(H,24,27). The second-order valence-corrected chi connectivity index (χ2v) is 6.69. The second kappa shape index (κ2) is 7.31. The van der Waals surface area contributed by atoms with E-state index in [1.165, 1.54) is 0 Å². The Morgan fingerprint density at radius 3 is 2.11 bits per heavy atom. The number of hydrogen-bond donors (Lipinski definition) is 1. The summed E-state index contributed by atoms with van der Waals surface area (Å²) in [6.45, 7) is 0. The van der Waals surface area contributed by atoms with Gasteiger partial charge in [0, 0.05) is 28.1 Å². The normalized spacial score (nSPS) is 10.7. The average Bonchev–Trinajstić information content (AvgIpc) is 3.33. The third-order valence-electron chi connectivity index (χ3n) is 4.01. The van der Waals surface area contributed by atoms with Crippen LogP contribution in [0.1, 0.15) is 10.4 Å². The third kappa shape index (κ3) is 3.60. The molecule has 7 heteroatoms. The van der Waals surface area contributed by atoms with Crippen LogP contribution in [0.15, 0.2) is 79.3 Å². The molecule has 0 saturated heterocycles. The van der Waals surface area contributed by atoms with Gasteiger partial charge in [0.1, 0.15) is 5.56 Å². The van der Waals surface area contributed by atoms with Gasteiger partial charge in [-0.1, -0.05) is 23.2 Å². The van der Waals surface area contributed by atoms with E-state index in [0.29, 0.717) is 27.1 Å². The van der Waals surface area contributed by atoms with Crippen LogP contribution in [0.25, 0.3) is 11.5 Å². The number of aromatic nitrogens is 3. The number of rotatable bonds is 4. The minimum atomic E-state index is -0.263. The maximum absolute atomic E-state index is 12.9. The SMILES string of the molecule is O=C(Nc1ccc(Cl)cc1)c1cnn(-c2ccc(Cl)cc2)c1-n1cccc1. The number of amides is 1. The summed E-state index contributed by atoms with van der Waals surface area (Å²) >= 11 is 11.9. The number of nitrogens with zero attached hydrogens (tertiary/aromatic N) is 3. The van der Waals surface area contributed by atoms with E-state index >= 15 is 0 Å². The first kappa shape index (κ1) is 17.4. The zero-order valence-corrected chi connectivity index (χ0v) is 15.5. The summed E-state index contributed by atoms with van der Waals surface area (Å²) in [7, 11) is 0. The molecule has 2 aromatic carbocycles. The minimum absolute atomic E-state index is 0.263. The van der Waals surface area contributed by atoms with E-state index in [0.717, 1.165) is 5.69 Å². The summed E-state index contributed by atoms with van der Waals surface area (Å²) in [5, 5.41) is 8.54. The van der Waals surface area contributed by atoms with Gasteiger partial charge in [0.15, 0.2) is 5.82 Å². The summed E-state index contributed by atoms with van der Waals surface area (Å²) in [4.78, 5) is 12.9. The maximum Gasteiger partial charge on any atom is 0.261 e. The van der Waals surface area contributed by atoms with Crippen LogP contribution in [0.5, 0.6) is 0 Å². The predicted molar refractivity (Wildman–Crippen MR) is 107 cm³/mol. The van der Waals surface area contributed by atoms with Crippen molar-refractivity contribution in [2.75, 3.05) is 5.32 Å². The largest absolute Gasteiger partial charge is 0.322 e. The molecule has 0 spiro atoms. The quantitative estimate of drug-likeness (QED) is 0.513. The van der Waals surface area contributed by atoms with Crippen LogP contribution in [0.3, 0.4) is 0 Å². The molecule has 0 bridgehead atoms. The van der Waals surface area contributed by atoms with E-state index in [4.69, 9.17) is 23.2 Å². The van der Waals surface area contributed by atoms with Crippen LogP contribution in [0, 0.1) is 0 Å². The van der Waals surface area contributed by atoms with Gasteiger partial charge >= 0.3 is 0 Å². The molecule has 1 amide bonds. The molecular weight excluding hydrogens is 383 g/mol. The number of carbonyl (C=O) groups excluding carboxylic acids is 1. The Balaban J connectivity index is 1.75. The molecule has 4 rings (SSSR count). The first-order valence-electron chi connectivity index (χ1n) is 8.16. The van der Waals surface area contributed by atoms with E-state index in [2.05, 4.69) is 10.4 Å². The Morgan fingerprint density at radius 2 is 1.48 bits per heavy atom. The van der Waals surface area contributed by atoms with Crippen molar-refractivity contribution < 1.29 is 4.79 Å². The van der Waals surface area contributed by atoms with Crippen molar-refractivity contribution >= 4 is 34.8 Å². The number of carbonyl (C=O) groups is 1. The summed E-state index contributed by atoms with van der Waals surface area (Å²) < 4.78 is 3.55. The van der Waals surface area contributed by atoms with Crippen molar-refractivity contribution in [1.82, 2.24) is 14.3 Å². The molecule has 134 valence electrons. The van der Waals surface area contributed by atoms with Crippen molar-refractivity contribution in [2.45, 2.75) is 0 Å². The molecule has 2 heterocycles. The molecular formula is C20H14Cl2N4O. The summed E-state index contributed by atoms with van der Waals surface area (Å²) in [5.41, 5.74) is 1.90. The van der Waals surface area contributed by atoms with E-state index < -0.39 is 0 Å². The fraction of sp³-hybridized carbons (Fsp3) is 0. The van der Waals surface area contributed by atoms with Crippen LogP contribution in [0.4, 0.5) is 5.69 Å². The molecule has 5 nitrogen and oxygen atoms in total. The summed E-state index contributed by atoms with van der Waals surface area (Å²) in [6.07, 6.45) is 5.28. The zero-order valence-electron chi connectivity index (χ0n) is 14.0. The monoisotopic (exact) mass is 396 g/mol. The lowest BCUT2D eigenvalue weighted by molar-refractivity contribution is 0.102.